The number of amides is 1. The van der Waals surface area contributed by atoms with Crippen LogP contribution in [0.2, 0.25) is 5.02 Å². The molecule has 1 amide bonds. The first-order valence-corrected chi connectivity index (χ1v) is 12.7. The van der Waals surface area contributed by atoms with E-state index in [1.807, 2.05) is 13.8 Å². The lowest BCUT2D eigenvalue weighted by Gasteiger charge is -2.13. The number of aromatic nitrogens is 4. The van der Waals surface area contributed by atoms with Crippen LogP contribution >= 0.6 is 11.6 Å². The fourth-order valence-corrected chi connectivity index (χ4v) is 3.94. The van der Waals surface area contributed by atoms with Crippen LogP contribution in [0, 0.1) is 5.82 Å². The number of carboxylic acid groups (broad SMARTS) is 1. The summed E-state index contributed by atoms with van der Waals surface area (Å²) in [6.45, 7) is 5.71. The van der Waals surface area contributed by atoms with Crippen LogP contribution in [0.3, 0.4) is 0 Å². The maximum Gasteiger partial charge on any atom is 0.404 e. The molecule has 0 unspecified atom stereocenters. The van der Waals surface area contributed by atoms with E-state index in [4.69, 9.17) is 16.7 Å². The number of rotatable bonds is 9. The minimum absolute atomic E-state index is 0.00884. The largest absolute Gasteiger partial charge is 0.465 e. The average Bonchev–Trinajstić information content (AvgIpc) is 3.19. The van der Waals surface area contributed by atoms with Crippen molar-refractivity contribution >= 4 is 39.4 Å². The average molecular weight is 526 g/mol. The molecule has 14 heteroatoms. The number of sulfonamides is 1. The zero-order valence-corrected chi connectivity index (χ0v) is 20.9. The van der Waals surface area contributed by atoms with Crippen LogP contribution in [-0.2, 0) is 10.0 Å². The molecule has 0 spiro atoms. The monoisotopic (exact) mass is 525 g/mol. The third kappa shape index (κ3) is 6.79. The molecule has 0 aliphatic rings. The fourth-order valence-electron chi connectivity index (χ4n) is 3.18. The second kappa shape index (κ2) is 10.4. The van der Waals surface area contributed by atoms with Crippen LogP contribution in [0.15, 0.2) is 30.6 Å². The zero-order chi connectivity index (χ0) is 25.9. The molecule has 3 aromatic rings. The van der Waals surface area contributed by atoms with E-state index >= 15 is 4.39 Å². The Morgan fingerprint density at radius 3 is 2.60 bits per heavy atom. The van der Waals surface area contributed by atoms with E-state index in [-0.39, 0.29) is 40.5 Å². The summed E-state index contributed by atoms with van der Waals surface area (Å²) in [5, 5.41) is 18.7. The predicted octanol–water partition coefficient (Wildman–Crippen LogP) is 3.82. The summed E-state index contributed by atoms with van der Waals surface area (Å²) in [5.41, 5.74) is 0.781. The summed E-state index contributed by atoms with van der Waals surface area (Å²) in [4.78, 5) is 19.4. The maximum absolute atomic E-state index is 15.4. The van der Waals surface area contributed by atoms with Gasteiger partial charge in [-0.1, -0.05) is 11.6 Å². The van der Waals surface area contributed by atoms with Gasteiger partial charge >= 0.3 is 6.09 Å². The highest BCUT2D eigenvalue weighted by Gasteiger charge is 2.22. The molecular formula is C21H25ClFN7O4S. The molecule has 1 aromatic carbocycles. The van der Waals surface area contributed by atoms with Gasteiger partial charge in [-0.3, -0.25) is 9.40 Å². The second-order valence-electron chi connectivity index (χ2n) is 8.15. The number of nitrogens with one attached hydrogen (secondary N) is 3. The van der Waals surface area contributed by atoms with Crippen molar-refractivity contribution in [2.24, 2.45) is 0 Å². The minimum atomic E-state index is -3.76. The molecule has 0 saturated heterocycles. The smallest absolute Gasteiger partial charge is 0.404 e. The van der Waals surface area contributed by atoms with Crippen LogP contribution in [-0.4, -0.2) is 58.2 Å². The SMILES string of the molecule is CC(C)n1cc(-c2ccnc(NC[C@@H](C)NC(=O)O)n2)c(-c2cc(Cl)cc(NS(C)(=O)=O)c2F)n1. The van der Waals surface area contributed by atoms with Gasteiger partial charge in [-0.25, -0.2) is 27.6 Å². The normalized spacial score (nSPS) is 12.4. The Morgan fingerprint density at radius 1 is 1.26 bits per heavy atom. The minimum Gasteiger partial charge on any atom is -0.465 e. The molecule has 0 saturated carbocycles. The Balaban J connectivity index is 2.06. The van der Waals surface area contributed by atoms with Gasteiger partial charge in [0.15, 0.2) is 5.82 Å². The number of anilines is 2. The highest BCUT2D eigenvalue weighted by molar-refractivity contribution is 7.92. The lowest BCUT2D eigenvalue weighted by Crippen LogP contribution is -2.36. The maximum atomic E-state index is 15.4. The molecule has 35 heavy (non-hydrogen) atoms. The number of hydrogen-bond acceptors (Lipinski definition) is 7. The Bertz CT molecular complexity index is 1350. The molecule has 1 atom stereocenters. The van der Waals surface area contributed by atoms with Crippen LogP contribution in [0.1, 0.15) is 26.8 Å². The van der Waals surface area contributed by atoms with Gasteiger partial charge in [0.25, 0.3) is 0 Å². The summed E-state index contributed by atoms with van der Waals surface area (Å²) in [6, 6.07) is 3.69. The van der Waals surface area contributed by atoms with Crippen LogP contribution < -0.4 is 15.4 Å². The fraction of sp³-hybridized carbons (Fsp3) is 0.333. The highest BCUT2D eigenvalue weighted by atomic mass is 35.5. The van der Waals surface area contributed by atoms with E-state index in [0.29, 0.717) is 11.3 Å². The van der Waals surface area contributed by atoms with E-state index in [0.717, 1.165) is 6.26 Å². The standard InChI is InChI=1S/C21H25ClFN7O4S/c1-11(2)30-10-15(16-5-6-24-20(27-16)25-9-12(3)26-21(31)32)19(28-30)14-7-13(22)8-17(18(14)23)29-35(4,33)34/h5-8,10-12,26,29H,9H2,1-4H3,(H,31,32)(H,24,25,27)/t12-/m1/s1. The molecule has 0 aliphatic heterocycles. The van der Waals surface area contributed by atoms with Crippen molar-refractivity contribution < 1.29 is 22.7 Å². The molecule has 188 valence electrons. The molecule has 11 nitrogen and oxygen atoms in total. The number of nitrogens with zero attached hydrogens (tertiary/aromatic N) is 4. The van der Waals surface area contributed by atoms with Gasteiger partial charge in [0.05, 0.1) is 17.6 Å². The van der Waals surface area contributed by atoms with E-state index in [1.165, 1.54) is 18.3 Å². The van der Waals surface area contributed by atoms with Gasteiger partial charge < -0.3 is 15.7 Å². The van der Waals surface area contributed by atoms with Gasteiger partial charge in [0.1, 0.15) is 5.69 Å². The van der Waals surface area contributed by atoms with Gasteiger partial charge in [-0.15, -0.1) is 0 Å². The van der Waals surface area contributed by atoms with Gasteiger partial charge in [0.2, 0.25) is 16.0 Å². The Labute approximate surface area is 206 Å². The lowest BCUT2D eigenvalue weighted by atomic mass is 10.0. The molecule has 2 aromatic heterocycles. The van der Waals surface area contributed by atoms with Crippen molar-refractivity contribution in [2.75, 3.05) is 22.8 Å². The highest BCUT2D eigenvalue weighted by Crippen LogP contribution is 2.37. The topological polar surface area (TPSA) is 151 Å². The molecule has 3 rings (SSSR count). The molecule has 0 bridgehead atoms. The quantitative estimate of drug-likeness (QED) is 0.329. The summed E-state index contributed by atoms with van der Waals surface area (Å²) >= 11 is 6.18. The Morgan fingerprint density at radius 2 is 1.97 bits per heavy atom. The van der Waals surface area contributed by atoms with Crippen molar-refractivity contribution in [3.05, 3.63) is 41.4 Å². The van der Waals surface area contributed by atoms with Gasteiger partial charge in [-0.05, 0) is 39.0 Å². The third-order valence-corrected chi connectivity index (χ3v) is 5.53. The van der Waals surface area contributed by atoms with Crippen LogP contribution in [0.4, 0.5) is 20.8 Å². The molecule has 0 fully saturated rings. The number of benzene rings is 1. The number of carbonyl (C=O) groups is 1. The zero-order valence-electron chi connectivity index (χ0n) is 19.4. The van der Waals surface area contributed by atoms with E-state index < -0.39 is 28.0 Å². The van der Waals surface area contributed by atoms with Crippen LogP contribution in [0.5, 0.6) is 0 Å². The number of halogens is 2. The van der Waals surface area contributed by atoms with E-state index in [2.05, 4.69) is 30.4 Å². The molecule has 2 heterocycles. The first kappa shape index (κ1) is 26.2. The van der Waals surface area contributed by atoms with Gasteiger partial charge in [0, 0.05) is 47.2 Å². The van der Waals surface area contributed by atoms with Crippen molar-refractivity contribution in [3.63, 3.8) is 0 Å². The predicted molar refractivity (Wildman–Crippen MR) is 132 cm³/mol. The van der Waals surface area contributed by atoms with Crippen molar-refractivity contribution in [3.8, 4) is 22.5 Å². The molecule has 0 aliphatic carbocycles. The first-order chi connectivity index (χ1) is 16.3. The second-order valence-corrected chi connectivity index (χ2v) is 10.3. The van der Waals surface area contributed by atoms with E-state index in [1.54, 1.807) is 23.9 Å². The Hall–Kier alpha value is -3.45. The third-order valence-electron chi connectivity index (χ3n) is 4.72. The van der Waals surface area contributed by atoms with Gasteiger partial charge in [-0.2, -0.15) is 5.10 Å². The number of hydrogen-bond donors (Lipinski definition) is 4. The van der Waals surface area contributed by atoms with E-state index in [9.17, 15) is 13.2 Å². The summed E-state index contributed by atoms with van der Waals surface area (Å²) in [6.07, 6.45) is 2.97. The van der Waals surface area contributed by atoms with Crippen LogP contribution in [0.25, 0.3) is 22.5 Å². The molecule has 4 N–H and O–H groups in total. The lowest BCUT2D eigenvalue weighted by molar-refractivity contribution is 0.191. The van der Waals surface area contributed by atoms with Crippen molar-refractivity contribution in [1.82, 2.24) is 25.1 Å². The summed E-state index contributed by atoms with van der Waals surface area (Å²) in [7, 11) is -3.76. The molecular weight excluding hydrogens is 501 g/mol. The summed E-state index contributed by atoms with van der Waals surface area (Å²) < 4.78 is 42.6. The first-order valence-electron chi connectivity index (χ1n) is 10.5. The van der Waals surface area contributed by atoms with Crippen molar-refractivity contribution in [1.29, 1.82) is 0 Å². The summed E-state index contributed by atoms with van der Waals surface area (Å²) in [5.74, 6) is -0.605. The molecule has 0 radical (unpaired) electrons. The van der Waals surface area contributed by atoms with Crippen molar-refractivity contribution in [2.45, 2.75) is 32.9 Å². The Kier molecular flexibility index (Phi) is 7.80.